The molecule has 1 saturated heterocycles. The lowest BCUT2D eigenvalue weighted by Crippen LogP contribution is -2.51. The molecule has 2 aromatic carbocycles. The number of carbonyl (C=O) groups excluding carboxylic acids is 2. The van der Waals surface area contributed by atoms with Crippen molar-refractivity contribution in [3.05, 3.63) is 60.3 Å². The molecule has 1 aromatic heterocycles. The van der Waals surface area contributed by atoms with Crippen LogP contribution in [0.15, 0.2) is 54.6 Å². The van der Waals surface area contributed by atoms with Gasteiger partial charge in [-0.2, -0.15) is 13.2 Å². The van der Waals surface area contributed by atoms with Crippen LogP contribution in [0, 0.1) is 0 Å². The van der Waals surface area contributed by atoms with Crippen LogP contribution in [0.3, 0.4) is 0 Å². The minimum atomic E-state index is -5.09. The number of anilines is 1. The number of aromatic nitrogens is 1. The molecule has 3 aromatic rings. The van der Waals surface area contributed by atoms with Crippen LogP contribution < -0.4 is 15.0 Å². The number of hydrogen-bond donors (Lipinski definition) is 2. The number of piperidine rings is 1. The normalized spacial score (nSPS) is 18.1. The number of likely N-dealkylation sites (tertiary alicyclic amines) is 1. The Kier molecular flexibility index (Phi) is 8.67. The zero-order valence-electron chi connectivity index (χ0n) is 23.6. The summed E-state index contributed by atoms with van der Waals surface area (Å²) in [7, 11) is 1.85. The topological polar surface area (TPSA) is 87.0 Å². The number of halogens is 6. The number of alkyl halides is 6. The molecule has 3 heterocycles. The number of aliphatic hydroxyl groups is 1. The smallest absolute Gasteiger partial charge is 0.406 e. The van der Waals surface area contributed by atoms with E-state index in [4.69, 9.17) is 0 Å². The minimum absolute atomic E-state index is 0.0443. The number of ether oxygens (including phenoxy) is 1. The Morgan fingerprint density at radius 3 is 2.32 bits per heavy atom. The molecule has 0 radical (unpaired) electrons. The Balaban J connectivity index is 1.62. The van der Waals surface area contributed by atoms with Gasteiger partial charge in [0.1, 0.15) is 11.4 Å². The Bertz CT molecular complexity index is 1510. The molecular formula is C30H30F6N4O4. The van der Waals surface area contributed by atoms with E-state index in [1.165, 1.54) is 42.5 Å². The number of fused-ring (bicyclic) bond motifs is 1. The first-order valence-electron chi connectivity index (χ1n) is 14.0. The predicted octanol–water partition coefficient (Wildman–Crippen LogP) is 5.38. The van der Waals surface area contributed by atoms with Crippen molar-refractivity contribution in [3.8, 4) is 28.1 Å². The molecule has 44 heavy (non-hydrogen) atoms. The Morgan fingerprint density at radius 1 is 1.02 bits per heavy atom. The van der Waals surface area contributed by atoms with Gasteiger partial charge in [-0.25, -0.2) is 0 Å². The summed E-state index contributed by atoms with van der Waals surface area (Å²) in [5.41, 5.74) is 1.77. The van der Waals surface area contributed by atoms with Crippen LogP contribution in [0.4, 0.5) is 32.0 Å². The fraction of sp³-hybridized carbons (Fsp3) is 0.400. The second-order valence-corrected chi connectivity index (χ2v) is 10.9. The van der Waals surface area contributed by atoms with E-state index in [9.17, 15) is 41.0 Å². The van der Waals surface area contributed by atoms with Crippen LogP contribution in [0.5, 0.6) is 5.75 Å². The molecule has 0 bridgehead atoms. The van der Waals surface area contributed by atoms with E-state index in [0.29, 0.717) is 48.3 Å². The predicted molar refractivity (Wildman–Crippen MR) is 149 cm³/mol. The molecule has 1 atom stereocenters. The molecule has 5 rings (SSSR count). The lowest BCUT2D eigenvalue weighted by molar-refractivity contribution is -0.274. The zero-order chi connectivity index (χ0) is 31.8. The van der Waals surface area contributed by atoms with Crippen molar-refractivity contribution in [2.24, 2.45) is 0 Å². The van der Waals surface area contributed by atoms with Crippen molar-refractivity contribution < 1.29 is 45.8 Å². The highest BCUT2D eigenvalue weighted by Gasteiger charge is 2.45. The van der Waals surface area contributed by atoms with Gasteiger partial charge >= 0.3 is 18.4 Å². The molecule has 1 unspecified atom stereocenters. The Morgan fingerprint density at radius 2 is 1.70 bits per heavy atom. The Labute approximate surface area is 248 Å². The van der Waals surface area contributed by atoms with E-state index in [2.05, 4.69) is 10.1 Å². The molecule has 2 aliphatic heterocycles. The molecule has 2 N–H and O–H groups in total. The summed E-state index contributed by atoms with van der Waals surface area (Å²) in [5, 5.41) is 12.5. The lowest BCUT2D eigenvalue weighted by atomic mass is 9.99. The van der Waals surface area contributed by atoms with Gasteiger partial charge in [0.2, 0.25) is 0 Å². The van der Waals surface area contributed by atoms with Gasteiger partial charge in [0.05, 0.1) is 11.7 Å². The number of aliphatic hydroxyl groups excluding tert-OH is 1. The number of carbonyl (C=O) groups is 2. The minimum Gasteiger partial charge on any atom is -0.406 e. The first-order valence-corrected chi connectivity index (χ1v) is 14.0. The van der Waals surface area contributed by atoms with Gasteiger partial charge in [-0.15, -0.1) is 13.2 Å². The van der Waals surface area contributed by atoms with E-state index < -0.39 is 42.2 Å². The molecule has 0 saturated carbocycles. The first-order chi connectivity index (χ1) is 20.8. The van der Waals surface area contributed by atoms with Gasteiger partial charge in [0.15, 0.2) is 0 Å². The van der Waals surface area contributed by atoms with Crippen molar-refractivity contribution in [2.45, 2.75) is 43.9 Å². The number of benzene rings is 2. The highest BCUT2D eigenvalue weighted by molar-refractivity contribution is 6.00. The molecule has 236 valence electrons. The largest absolute Gasteiger partial charge is 0.573 e. The van der Waals surface area contributed by atoms with Crippen LogP contribution in [-0.2, 0) is 4.79 Å². The van der Waals surface area contributed by atoms with Gasteiger partial charge in [-0.1, -0.05) is 24.3 Å². The van der Waals surface area contributed by atoms with Crippen LogP contribution in [0.1, 0.15) is 35.8 Å². The standard InChI is InChI=1S/C30H30F6N4O4/c1-38-12-9-21(10-13-38)39(28(43)29(31,32)33)20-7-5-18(6-8-20)26-24(19-3-2-4-23(15-19)44-30(34,35)36)16-25-27(42)37-17-22(11-14-41)40(25)26/h2-8,15-16,21-22,41H,9-14,17H2,1H3,(H,37,42). The number of nitrogens with zero attached hydrogens (tertiary/aromatic N) is 3. The average Bonchev–Trinajstić information content (AvgIpc) is 3.37. The summed E-state index contributed by atoms with van der Waals surface area (Å²) in [6.45, 7) is 1.00. The van der Waals surface area contributed by atoms with Crippen molar-refractivity contribution >= 4 is 17.5 Å². The summed E-state index contributed by atoms with van der Waals surface area (Å²) < 4.78 is 85.8. The maximum absolute atomic E-state index is 13.7. The third kappa shape index (κ3) is 6.55. The highest BCUT2D eigenvalue weighted by atomic mass is 19.4. The number of rotatable bonds is 7. The number of hydrogen-bond acceptors (Lipinski definition) is 5. The average molecular weight is 625 g/mol. The van der Waals surface area contributed by atoms with Crippen LogP contribution >= 0.6 is 0 Å². The maximum Gasteiger partial charge on any atom is 0.573 e. The van der Waals surface area contributed by atoms with E-state index in [1.54, 1.807) is 10.6 Å². The van der Waals surface area contributed by atoms with Crippen molar-refractivity contribution in [1.29, 1.82) is 0 Å². The van der Waals surface area contributed by atoms with E-state index in [0.717, 1.165) is 11.0 Å². The van der Waals surface area contributed by atoms with Gasteiger partial charge in [-0.05, 0) is 80.9 Å². The summed E-state index contributed by atoms with van der Waals surface area (Å²) >= 11 is 0. The van der Waals surface area contributed by atoms with Crippen LogP contribution in [-0.4, -0.2) is 78.3 Å². The molecule has 0 aliphatic carbocycles. The maximum atomic E-state index is 13.7. The summed E-state index contributed by atoms with van der Waals surface area (Å²) in [6.07, 6.45) is -9.08. The van der Waals surface area contributed by atoms with E-state index >= 15 is 0 Å². The second-order valence-electron chi connectivity index (χ2n) is 10.9. The zero-order valence-corrected chi connectivity index (χ0v) is 23.6. The molecule has 1 fully saturated rings. The molecule has 14 heteroatoms. The molecule has 8 nitrogen and oxygen atoms in total. The molecular weight excluding hydrogens is 594 g/mol. The van der Waals surface area contributed by atoms with Gasteiger partial charge < -0.3 is 29.5 Å². The summed E-state index contributed by atoms with van der Waals surface area (Å²) in [4.78, 5) is 28.3. The fourth-order valence-electron chi connectivity index (χ4n) is 5.89. The monoisotopic (exact) mass is 624 g/mol. The van der Waals surface area contributed by atoms with Crippen molar-refractivity contribution in [2.75, 3.05) is 38.2 Å². The Hall–Kier alpha value is -4.04. The van der Waals surface area contributed by atoms with Crippen molar-refractivity contribution in [1.82, 2.24) is 14.8 Å². The van der Waals surface area contributed by atoms with E-state index in [-0.39, 0.29) is 31.0 Å². The SMILES string of the molecule is CN1CCC(N(C(=O)C(F)(F)F)c2ccc(-c3c(-c4cccc(OC(F)(F)F)c4)cc4n3C(CCO)CNC4=O)cc2)CC1. The fourth-order valence-corrected chi connectivity index (χ4v) is 5.89. The molecule has 2 aliphatic rings. The highest BCUT2D eigenvalue weighted by Crippen LogP contribution is 2.41. The first kappa shape index (κ1) is 31.4. The molecule has 0 spiro atoms. The quantitative estimate of drug-likeness (QED) is 0.345. The van der Waals surface area contributed by atoms with Gasteiger partial charge in [0.25, 0.3) is 5.91 Å². The van der Waals surface area contributed by atoms with Crippen molar-refractivity contribution in [3.63, 3.8) is 0 Å². The van der Waals surface area contributed by atoms with Gasteiger partial charge in [-0.3, -0.25) is 9.59 Å². The van der Waals surface area contributed by atoms with Gasteiger partial charge in [0, 0.05) is 30.4 Å². The second kappa shape index (κ2) is 12.2. The summed E-state index contributed by atoms with van der Waals surface area (Å²) in [6, 6.07) is 11.5. The lowest BCUT2D eigenvalue weighted by Gasteiger charge is -2.37. The van der Waals surface area contributed by atoms with E-state index in [1.807, 2.05) is 11.9 Å². The third-order valence-electron chi connectivity index (χ3n) is 7.91. The van der Waals surface area contributed by atoms with Crippen LogP contribution in [0.2, 0.25) is 0 Å². The summed E-state index contributed by atoms with van der Waals surface area (Å²) in [5.74, 6) is -2.88. The third-order valence-corrected chi connectivity index (χ3v) is 7.91. The van der Waals surface area contributed by atoms with Crippen LogP contribution in [0.25, 0.3) is 22.4 Å². The molecule has 2 amide bonds. The number of nitrogens with one attached hydrogen (secondary N) is 1. The number of amides is 2.